The number of aromatic nitrogens is 1. The number of aryl methyl sites for hydroxylation is 1. The molecule has 5 nitrogen and oxygen atoms in total. The topological polar surface area (TPSA) is 71.1 Å². The summed E-state index contributed by atoms with van der Waals surface area (Å²) in [6.07, 6.45) is 2.77. The van der Waals surface area contributed by atoms with E-state index < -0.39 is 5.41 Å². The van der Waals surface area contributed by atoms with Gasteiger partial charge in [0, 0.05) is 16.9 Å². The molecule has 0 bridgehead atoms. The monoisotopic (exact) mass is 343 g/mol. The Bertz CT molecular complexity index is 773. The molecule has 6 heteroatoms. The van der Waals surface area contributed by atoms with Crippen molar-refractivity contribution >= 4 is 29.1 Å². The highest BCUT2D eigenvalue weighted by Crippen LogP contribution is 2.47. The summed E-state index contributed by atoms with van der Waals surface area (Å²) >= 11 is 5.97. The van der Waals surface area contributed by atoms with Gasteiger partial charge in [-0.05, 0) is 49.6 Å². The lowest BCUT2D eigenvalue weighted by molar-refractivity contribution is -0.134. The summed E-state index contributed by atoms with van der Waals surface area (Å²) in [6, 6.07) is 10.8. The molecule has 1 fully saturated rings. The fraction of sp³-hybridized carbons (Fsp3) is 0.278. The molecule has 1 aromatic heterocycles. The van der Waals surface area contributed by atoms with E-state index in [4.69, 9.17) is 11.6 Å². The summed E-state index contributed by atoms with van der Waals surface area (Å²) in [5.41, 5.74) is 1.31. The molecule has 2 aromatic rings. The molecule has 0 radical (unpaired) electrons. The zero-order valence-corrected chi connectivity index (χ0v) is 14.1. The van der Waals surface area contributed by atoms with Gasteiger partial charge in [-0.15, -0.1) is 0 Å². The lowest BCUT2D eigenvalue weighted by atomic mass is 10.0. The van der Waals surface area contributed by atoms with Crippen LogP contribution in [0.3, 0.4) is 0 Å². The molecule has 2 N–H and O–H groups in total. The van der Waals surface area contributed by atoms with E-state index in [1.165, 1.54) is 0 Å². The van der Waals surface area contributed by atoms with Crippen molar-refractivity contribution in [2.75, 3.05) is 5.32 Å². The first-order chi connectivity index (χ1) is 11.5. The van der Waals surface area contributed by atoms with E-state index in [1.54, 1.807) is 18.3 Å². The average Bonchev–Trinajstić information content (AvgIpc) is 3.39. The molecule has 0 unspecified atom stereocenters. The standard InChI is InChI=1S/C18H18ClN3O2/c1-12-5-6-13(19)10-15(12)22-17(24)18(7-8-18)16(23)21-11-14-4-2-3-9-20-14/h2-6,9-10H,7-8,11H2,1H3,(H,21,23)(H,22,24). The lowest BCUT2D eigenvalue weighted by Crippen LogP contribution is -2.39. The Hall–Kier alpha value is -2.40. The minimum Gasteiger partial charge on any atom is -0.350 e. The van der Waals surface area contributed by atoms with Crippen molar-refractivity contribution in [2.45, 2.75) is 26.3 Å². The minimum absolute atomic E-state index is 0.259. The van der Waals surface area contributed by atoms with E-state index in [2.05, 4.69) is 15.6 Å². The summed E-state index contributed by atoms with van der Waals surface area (Å²) in [5.74, 6) is -0.545. The van der Waals surface area contributed by atoms with Crippen LogP contribution in [-0.4, -0.2) is 16.8 Å². The lowest BCUT2D eigenvalue weighted by Gasteiger charge is -2.16. The molecular weight excluding hydrogens is 326 g/mol. The number of carbonyl (C=O) groups is 2. The molecule has 0 spiro atoms. The average molecular weight is 344 g/mol. The molecule has 1 saturated carbocycles. The van der Waals surface area contributed by atoms with Gasteiger partial charge in [0.15, 0.2) is 0 Å². The minimum atomic E-state index is -0.983. The molecule has 0 aliphatic heterocycles. The molecule has 2 amide bonds. The molecule has 1 aliphatic rings. The maximum atomic E-state index is 12.6. The van der Waals surface area contributed by atoms with Crippen LogP contribution >= 0.6 is 11.6 Å². The van der Waals surface area contributed by atoms with Gasteiger partial charge in [0.25, 0.3) is 0 Å². The molecule has 124 valence electrons. The van der Waals surface area contributed by atoms with Crippen LogP contribution in [0.25, 0.3) is 0 Å². The number of benzene rings is 1. The van der Waals surface area contributed by atoms with Gasteiger partial charge < -0.3 is 10.6 Å². The molecule has 0 atom stereocenters. The predicted octanol–water partition coefficient (Wildman–Crippen LogP) is 3.08. The van der Waals surface area contributed by atoms with E-state index in [1.807, 2.05) is 31.2 Å². The second kappa shape index (κ2) is 6.61. The zero-order valence-electron chi connectivity index (χ0n) is 13.3. The van der Waals surface area contributed by atoms with E-state index in [-0.39, 0.29) is 11.8 Å². The highest BCUT2D eigenvalue weighted by molar-refractivity contribution is 6.31. The number of hydrogen-bond donors (Lipinski definition) is 2. The quantitative estimate of drug-likeness (QED) is 0.819. The van der Waals surface area contributed by atoms with Crippen LogP contribution in [-0.2, 0) is 16.1 Å². The second-order valence-corrected chi connectivity index (χ2v) is 6.44. The molecule has 1 aromatic carbocycles. The zero-order chi connectivity index (χ0) is 17.2. The van der Waals surface area contributed by atoms with Gasteiger partial charge in [-0.3, -0.25) is 14.6 Å². The van der Waals surface area contributed by atoms with Gasteiger partial charge >= 0.3 is 0 Å². The molecule has 3 rings (SSSR count). The molecule has 24 heavy (non-hydrogen) atoms. The maximum Gasteiger partial charge on any atom is 0.240 e. The summed E-state index contributed by atoms with van der Waals surface area (Å²) in [7, 11) is 0. The number of nitrogens with zero attached hydrogens (tertiary/aromatic N) is 1. The van der Waals surface area contributed by atoms with Crippen LogP contribution in [0.5, 0.6) is 0 Å². The first-order valence-corrected chi connectivity index (χ1v) is 8.15. The Kier molecular flexibility index (Phi) is 4.53. The fourth-order valence-corrected chi connectivity index (χ4v) is 2.67. The van der Waals surface area contributed by atoms with Crippen molar-refractivity contribution in [2.24, 2.45) is 5.41 Å². The third-order valence-electron chi connectivity index (χ3n) is 4.22. The largest absolute Gasteiger partial charge is 0.350 e. The smallest absolute Gasteiger partial charge is 0.240 e. The summed E-state index contributed by atoms with van der Waals surface area (Å²) in [4.78, 5) is 29.2. The second-order valence-electron chi connectivity index (χ2n) is 6.00. The van der Waals surface area contributed by atoms with E-state index in [0.717, 1.165) is 11.3 Å². The number of pyridine rings is 1. The Morgan fingerprint density at radius 1 is 1.21 bits per heavy atom. The summed E-state index contributed by atoms with van der Waals surface area (Å²) < 4.78 is 0. The molecule has 1 heterocycles. The van der Waals surface area contributed by atoms with Crippen LogP contribution in [0.1, 0.15) is 24.1 Å². The highest BCUT2D eigenvalue weighted by atomic mass is 35.5. The molecule has 0 saturated heterocycles. The van der Waals surface area contributed by atoms with Gasteiger partial charge in [-0.1, -0.05) is 23.7 Å². The normalized spacial score (nSPS) is 14.8. The number of rotatable bonds is 5. The van der Waals surface area contributed by atoms with Crippen LogP contribution in [0.4, 0.5) is 5.69 Å². The predicted molar refractivity (Wildman–Crippen MR) is 92.6 cm³/mol. The Labute approximate surface area is 145 Å². The number of anilines is 1. The summed E-state index contributed by atoms with van der Waals surface area (Å²) in [5, 5.41) is 6.18. The van der Waals surface area contributed by atoms with Crippen molar-refractivity contribution in [3.8, 4) is 0 Å². The Balaban J connectivity index is 1.65. The number of carbonyl (C=O) groups excluding carboxylic acids is 2. The first-order valence-electron chi connectivity index (χ1n) is 7.77. The van der Waals surface area contributed by atoms with Gasteiger partial charge in [0.05, 0.1) is 12.2 Å². The fourth-order valence-electron chi connectivity index (χ4n) is 2.50. The van der Waals surface area contributed by atoms with Gasteiger partial charge in [0.2, 0.25) is 11.8 Å². The number of halogens is 1. The third-order valence-corrected chi connectivity index (χ3v) is 4.46. The van der Waals surface area contributed by atoms with Crippen molar-refractivity contribution in [3.05, 3.63) is 58.9 Å². The number of nitrogens with one attached hydrogen (secondary N) is 2. The SMILES string of the molecule is Cc1ccc(Cl)cc1NC(=O)C1(C(=O)NCc2ccccn2)CC1. The Morgan fingerprint density at radius 2 is 2.00 bits per heavy atom. The van der Waals surface area contributed by atoms with Crippen LogP contribution in [0.2, 0.25) is 5.02 Å². The summed E-state index contributed by atoms with van der Waals surface area (Å²) in [6.45, 7) is 2.19. The molecular formula is C18H18ClN3O2. The van der Waals surface area contributed by atoms with Crippen LogP contribution in [0.15, 0.2) is 42.6 Å². The van der Waals surface area contributed by atoms with E-state index in [0.29, 0.717) is 30.1 Å². The van der Waals surface area contributed by atoms with E-state index in [9.17, 15) is 9.59 Å². The highest BCUT2D eigenvalue weighted by Gasteiger charge is 2.56. The maximum absolute atomic E-state index is 12.6. The Morgan fingerprint density at radius 3 is 2.67 bits per heavy atom. The van der Waals surface area contributed by atoms with Crippen molar-refractivity contribution in [3.63, 3.8) is 0 Å². The number of amides is 2. The first kappa shape index (κ1) is 16.5. The van der Waals surface area contributed by atoms with Gasteiger partial charge in [-0.25, -0.2) is 0 Å². The van der Waals surface area contributed by atoms with Crippen molar-refractivity contribution in [1.29, 1.82) is 0 Å². The van der Waals surface area contributed by atoms with Crippen molar-refractivity contribution in [1.82, 2.24) is 10.3 Å². The third kappa shape index (κ3) is 3.41. The van der Waals surface area contributed by atoms with Crippen LogP contribution in [0, 0.1) is 12.3 Å². The van der Waals surface area contributed by atoms with Crippen LogP contribution < -0.4 is 10.6 Å². The van der Waals surface area contributed by atoms with E-state index >= 15 is 0 Å². The molecule has 1 aliphatic carbocycles. The van der Waals surface area contributed by atoms with Crippen molar-refractivity contribution < 1.29 is 9.59 Å². The van der Waals surface area contributed by atoms with Gasteiger partial charge in [0.1, 0.15) is 5.41 Å². The van der Waals surface area contributed by atoms with Gasteiger partial charge in [-0.2, -0.15) is 0 Å². The number of hydrogen-bond acceptors (Lipinski definition) is 3.